The lowest BCUT2D eigenvalue weighted by atomic mass is 9.58. The van der Waals surface area contributed by atoms with Gasteiger partial charge in [0.05, 0.1) is 0 Å². The standard InChI is InChI=1S/C15H16F12O2/c1-4-5(2)7-3-6(4)8(10(28,12(16,17)18)13(19,20)21)9(7)11(29,14(22,23)24)15(25,26)27/h4-9,28-29H,3H2,1-2H3. The zero-order valence-corrected chi connectivity index (χ0v) is 14.6. The molecule has 0 aliphatic heterocycles. The van der Waals surface area contributed by atoms with E-state index in [0.29, 0.717) is 0 Å². The summed E-state index contributed by atoms with van der Waals surface area (Å²) in [7, 11) is 0. The third-order valence-corrected chi connectivity index (χ3v) is 6.73. The minimum Gasteiger partial charge on any atom is -0.373 e. The van der Waals surface area contributed by atoms with Gasteiger partial charge in [0.25, 0.3) is 11.2 Å². The molecule has 29 heavy (non-hydrogen) atoms. The third kappa shape index (κ3) is 3.02. The summed E-state index contributed by atoms with van der Waals surface area (Å²) in [6.07, 6.45) is -27.4. The van der Waals surface area contributed by atoms with Gasteiger partial charge in [-0.25, -0.2) is 0 Å². The Hall–Kier alpha value is -0.920. The van der Waals surface area contributed by atoms with E-state index < -0.39 is 77.8 Å². The van der Waals surface area contributed by atoms with Gasteiger partial charge >= 0.3 is 24.7 Å². The second-order valence-electron chi connectivity index (χ2n) is 7.86. The highest BCUT2D eigenvalue weighted by atomic mass is 19.4. The van der Waals surface area contributed by atoms with Crippen molar-refractivity contribution in [1.82, 2.24) is 0 Å². The van der Waals surface area contributed by atoms with E-state index in [-0.39, 0.29) is 0 Å². The van der Waals surface area contributed by atoms with Crippen LogP contribution in [0.5, 0.6) is 0 Å². The molecule has 172 valence electrons. The second kappa shape index (κ2) is 6.30. The summed E-state index contributed by atoms with van der Waals surface area (Å²) >= 11 is 0. The van der Waals surface area contributed by atoms with E-state index in [0.717, 1.165) is 13.8 Å². The summed E-state index contributed by atoms with van der Waals surface area (Å²) < 4.78 is 160. The Morgan fingerprint density at radius 3 is 0.897 bits per heavy atom. The van der Waals surface area contributed by atoms with E-state index in [4.69, 9.17) is 0 Å². The Balaban J connectivity index is 2.85. The molecule has 0 aromatic heterocycles. The highest BCUT2D eigenvalue weighted by Gasteiger charge is 2.86. The predicted molar refractivity (Wildman–Crippen MR) is 71.0 cm³/mol. The van der Waals surface area contributed by atoms with Gasteiger partial charge in [-0.1, -0.05) is 13.8 Å². The molecule has 2 nitrogen and oxygen atoms in total. The second-order valence-corrected chi connectivity index (χ2v) is 7.86. The molecule has 6 atom stereocenters. The van der Waals surface area contributed by atoms with Gasteiger partial charge in [0.2, 0.25) is 0 Å². The molecule has 0 saturated heterocycles. The molecule has 14 heteroatoms. The van der Waals surface area contributed by atoms with Crippen molar-refractivity contribution in [3.63, 3.8) is 0 Å². The number of rotatable bonds is 2. The van der Waals surface area contributed by atoms with E-state index in [1.165, 1.54) is 0 Å². The highest BCUT2D eigenvalue weighted by molar-refractivity contribution is 5.19. The molecule has 2 saturated carbocycles. The summed E-state index contributed by atoms with van der Waals surface area (Å²) in [6.45, 7) is 2.18. The summed E-state index contributed by atoms with van der Waals surface area (Å²) in [5, 5.41) is 19.4. The van der Waals surface area contributed by atoms with Gasteiger partial charge < -0.3 is 10.2 Å². The van der Waals surface area contributed by atoms with Crippen molar-refractivity contribution >= 4 is 0 Å². The van der Waals surface area contributed by atoms with Crippen molar-refractivity contribution in [3.8, 4) is 0 Å². The summed E-state index contributed by atoms with van der Waals surface area (Å²) in [5.74, 6) is -13.5. The molecular weight excluding hydrogens is 440 g/mol. The number of fused-ring (bicyclic) bond motifs is 2. The van der Waals surface area contributed by atoms with Crippen LogP contribution in [0.1, 0.15) is 20.3 Å². The van der Waals surface area contributed by atoms with Crippen LogP contribution in [0.2, 0.25) is 0 Å². The topological polar surface area (TPSA) is 40.5 Å². The third-order valence-electron chi connectivity index (χ3n) is 6.73. The molecule has 0 radical (unpaired) electrons. The van der Waals surface area contributed by atoms with Crippen LogP contribution < -0.4 is 0 Å². The minimum atomic E-state index is -6.64. The lowest BCUT2D eigenvalue weighted by Crippen LogP contribution is -2.72. The Morgan fingerprint density at radius 2 is 0.724 bits per heavy atom. The van der Waals surface area contributed by atoms with Crippen molar-refractivity contribution in [2.45, 2.75) is 56.2 Å². The molecular formula is C15H16F12O2. The lowest BCUT2D eigenvalue weighted by molar-refractivity contribution is -0.428. The molecule has 2 aliphatic rings. The number of alkyl halides is 12. The normalized spacial score (nSPS) is 34.8. The molecule has 2 N–H and O–H groups in total. The van der Waals surface area contributed by atoms with Crippen LogP contribution in [0.25, 0.3) is 0 Å². The van der Waals surface area contributed by atoms with Gasteiger partial charge in [0.15, 0.2) is 0 Å². The van der Waals surface area contributed by atoms with Crippen LogP contribution in [0, 0.1) is 35.5 Å². The van der Waals surface area contributed by atoms with Crippen molar-refractivity contribution in [1.29, 1.82) is 0 Å². The molecule has 2 aliphatic carbocycles. The maximum atomic E-state index is 13.3. The zero-order valence-electron chi connectivity index (χ0n) is 14.6. The van der Waals surface area contributed by atoms with Gasteiger partial charge in [-0.3, -0.25) is 0 Å². The van der Waals surface area contributed by atoms with Crippen LogP contribution in [0.4, 0.5) is 52.7 Å². The summed E-state index contributed by atoms with van der Waals surface area (Å²) in [5.41, 5.74) is -11.7. The SMILES string of the molecule is CC1C(C)C2CC1C(C(O)(C(F)(F)F)C(F)(F)F)C2C(O)(C(F)(F)F)C(F)(F)F. The monoisotopic (exact) mass is 456 g/mol. The Morgan fingerprint density at radius 1 is 0.517 bits per heavy atom. The average Bonchev–Trinajstić information content (AvgIpc) is 2.98. The van der Waals surface area contributed by atoms with Crippen molar-refractivity contribution in [2.75, 3.05) is 0 Å². The fourth-order valence-electron chi connectivity index (χ4n) is 5.22. The Kier molecular flexibility index (Phi) is 5.29. The Bertz CT molecular complexity index is 549. The number of aliphatic hydroxyl groups is 2. The smallest absolute Gasteiger partial charge is 0.373 e. The van der Waals surface area contributed by atoms with Crippen molar-refractivity contribution in [3.05, 3.63) is 0 Å². The first-order valence-corrected chi connectivity index (χ1v) is 8.26. The molecule has 0 aromatic rings. The van der Waals surface area contributed by atoms with Gasteiger partial charge in [0.1, 0.15) is 0 Å². The highest BCUT2D eigenvalue weighted by Crippen LogP contribution is 2.70. The fourth-order valence-corrected chi connectivity index (χ4v) is 5.22. The predicted octanol–water partition coefficient (Wildman–Crippen LogP) is 4.85. The summed E-state index contributed by atoms with van der Waals surface area (Å²) in [6, 6.07) is 0. The maximum absolute atomic E-state index is 13.3. The first-order valence-electron chi connectivity index (χ1n) is 8.26. The molecule has 0 amide bonds. The zero-order chi connectivity index (χ0) is 23.2. The summed E-state index contributed by atoms with van der Waals surface area (Å²) in [4.78, 5) is 0. The molecule has 6 unspecified atom stereocenters. The Labute approximate surface area is 155 Å². The minimum absolute atomic E-state index is 0.861. The quantitative estimate of drug-likeness (QED) is 0.584. The number of hydrogen-bond donors (Lipinski definition) is 2. The first kappa shape index (κ1) is 24.4. The first-order chi connectivity index (χ1) is 12.5. The number of halogens is 12. The van der Waals surface area contributed by atoms with Crippen molar-refractivity contribution in [2.24, 2.45) is 35.5 Å². The van der Waals surface area contributed by atoms with Crippen LogP contribution in [-0.4, -0.2) is 46.1 Å². The van der Waals surface area contributed by atoms with Gasteiger partial charge in [-0.15, -0.1) is 0 Å². The van der Waals surface area contributed by atoms with Crippen molar-refractivity contribution < 1.29 is 62.9 Å². The van der Waals surface area contributed by atoms with Gasteiger partial charge in [0, 0.05) is 11.8 Å². The van der Waals surface area contributed by atoms with E-state index >= 15 is 0 Å². The van der Waals surface area contributed by atoms with E-state index in [1.807, 2.05) is 0 Å². The maximum Gasteiger partial charge on any atom is 0.426 e. The molecule has 0 heterocycles. The fraction of sp³-hybridized carbons (Fsp3) is 1.00. The average molecular weight is 456 g/mol. The van der Waals surface area contributed by atoms with Crippen LogP contribution in [-0.2, 0) is 0 Å². The van der Waals surface area contributed by atoms with E-state index in [2.05, 4.69) is 0 Å². The number of hydrogen-bond acceptors (Lipinski definition) is 2. The molecule has 2 bridgehead atoms. The molecule has 2 fully saturated rings. The van der Waals surface area contributed by atoms with Crippen LogP contribution >= 0.6 is 0 Å². The molecule has 0 aromatic carbocycles. The molecule has 2 rings (SSSR count). The van der Waals surface area contributed by atoms with Crippen LogP contribution in [0.3, 0.4) is 0 Å². The largest absolute Gasteiger partial charge is 0.426 e. The molecule has 0 spiro atoms. The van der Waals surface area contributed by atoms with E-state index in [1.54, 1.807) is 0 Å². The van der Waals surface area contributed by atoms with Gasteiger partial charge in [-0.05, 0) is 30.1 Å². The van der Waals surface area contributed by atoms with Crippen LogP contribution in [0.15, 0.2) is 0 Å². The van der Waals surface area contributed by atoms with Gasteiger partial charge in [-0.2, -0.15) is 52.7 Å². The lowest BCUT2D eigenvalue weighted by Gasteiger charge is -2.52. The van der Waals surface area contributed by atoms with E-state index in [9.17, 15) is 62.9 Å².